The van der Waals surface area contributed by atoms with E-state index in [1.807, 2.05) is 31.2 Å². The van der Waals surface area contributed by atoms with E-state index in [1.165, 1.54) is 32.6 Å². The number of nitrogens with zero attached hydrogens (tertiary/aromatic N) is 4. The molecule has 0 fully saturated rings. The molecule has 0 spiro atoms. The van der Waals surface area contributed by atoms with Gasteiger partial charge in [0.05, 0.1) is 24.4 Å². The molecule has 10 nitrogen and oxygen atoms in total. The van der Waals surface area contributed by atoms with Crippen LogP contribution in [0.25, 0.3) is 0 Å². The largest absolute Gasteiger partial charge is 0.493 e. The minimum Gasteiger partial charge on any atom is -0.493 e. The second-order valence-electron chi connectivity index (χ2n) is 6.77. The summed E-state index contributed by atoms with van der Waals surface area (Å²) in [6, 6.07) is 10.5. The minimum absolute atomic E-state index is 0.0157. The maximum Gasteiger partial charge on any atom is 0.315 e. The number of nitro groups is 1. The third-order valence-electron chi connectivity index (χ3n) is 4.45. The SMILES string of the molecule is COc1cc(/C=N\Nc2cnn(C)c(=O)c2Cl)cc([N+](=O)[O-])c1OCc1ccc(C)cc1. The average molecular weight is 458 g/mol. The fourth-order valence-corrected chi connectivity index (χ4v) is 2.93. The lowest BCUT2D eigenvalue weighted by Crippen LogP contribution is -2.20. The van der Waals surface area contributed by atoms with Crippen molar-refractivity contribution in [1.82, 2.24) is 9.78 Å². The average Bonchev–Trinajstić information content (AvgIpc) is 2.78. The molecule has 0 aliphatic carbocycles. The van der Waals surface area contributed by atoms with Crippen molar-refractivity contribution in [3.8, 4) is 11.5 Å². The lowest BCUT2D eigenvalue weighted by Gasteiger charge is -2.12. The number of methoxy groups -OCH3 is 1. The third-order valence-corrected chi connectivity index (χ3v) is 4.82. The van der Waals surface area contributed by atoms with E-state index < -0.39 is 10.5 Å². The highest BCUT2D eigenvalue weighted by Crippen LogP contribution is 2.38. The van der Waals surface area contributed by atoms with Gasteiger partial charge in [-0.1, -0.05) is 41.4 Å². The number of anilines is 1. The van der Waals surface area contributed by atoms with Gasteiger partial charge in [-0.2, -0.15) is 10.2 Å². The lowest BCUT2D eigenvalue weighted by atomic mass is 10.1. The van der Waals surface area contributed by atoms with Gasteiger partial charge in [-0.05, 0) is 18.6 Å². The van der Waals surface area contributed by atoms with Crippen LogP contribution in [0.5, 0.6) is 11.5 Å². The van der Waals surface area contributed by atoms with Gasteiger partial charge in [0.2, 0.25) is 5.75 Å². The van der Waals surface area contributed by atoms with Crippen molar-refractivity contribution in [3.63, 3.8) is 0 Å². The van der Waals surface area contributed by atoms with Crippen LogP contribution in [0.4, 0.5) is 11.4 Å². The van der Waals surface area contributed by atoms with Crippen LogP contribution in [0.1, 0.15) is 16.7 Å². The number of ether oxygens (including phenoxy) is 2. The Kier molecular flexibility index (Phi) is 7.06. The zero-order chi connectivity index (χ0) is 23.3. The second kappa shape index (κ2) is 9.92. The van der Waals surface area contributed by atoms with Crippen molar-refractivity contribution in [1.29, 1.82) is 0 Å². The van der Waals surface area contributed by atoms with Gasteiger partial charge in [-0.3, -0.25) is 20.3 Å². The molecule has 3 rings (SSSR count). The molecule has 0 unspecified atom stereocenters. The number of hydrogen-bond acceptors (Lipinski definition) is 8. The van der Waals surface area contributed by atoms with Crippen LogP contribution in [0, 0.1) is 17.0 Å². The van der Waals surface area contributed by atoms with E-state index in [9.17, 15) is 14.9 Å². The van der Waals surface area contributed by atoms with Crippen molar-refractivity contribution in [2.45, 2.75) is 13.5 Å². The van der Waals surface area contributed by atoms with Gasteiger partial charge in [0.25, 0.3) is 5.56 Å². The van der Waals surface area contributed by atoms with Crippen molar-refractivity contribution in [3.05, 3.63) is 84.8 Å². The summed E-state index contributed by atoms with van der Waals surface area (Å²) in [6.45, 7) is 2.11. The Morgan fingerprint density at radius 2 is 2.03 bits per heavy atom. The van der Waals surface area contributed by atoms with Crippen molar-refractivity contribution in [2.75, 3.05) is 12.5 Å². The first-order valence-corrected chi connectivity index (χ1v) is 9.73. The zero-order valence-corrected chi connectivity index (χ0v) is 18.3. The smallest absolute Gasteiger partial charge is 0.315 e. The highest BCUT2D eigenvalue weighted by Gasteiger charge is 2.22. The molecule has 166 valence electrons. The summed E-state index contributed by atoms with van der Waals surface area (Å²) < 4.78 is 12.1. The number of halogens is 1. The maximum absolute atomic E-state index is 11.8. The van der Waals surface area contributed by atoms with Gasteiger partial charge >= 0.3 is 5.69 Å². The Hall–Kier alpha value is -3.92. The van der Waals surface area contributed by atoms with E-state index in [0.717, 1.165) is 15.8 Å². The zero-order valence-electron chi connectivity index (χ0n) is 17.5. The molecule has 0 aliphatic rings. The Labute approximate surface area is 188 Å². The van der Waals surface area contributed by atoms with Crippen LogP contribution < -0.4 is 20.5 Å². The third kappa shape index (κ3) is 5.22. The van der Waals surface area contributed by atoms with E-state index in [4.69, 9.17) is 21.1 Å². The summed E-state index contributed by atoms with van der Waals surface area (Å²) in [7, 11) is 2.86. The molecular weight excluding hydrogens is 438 g/mol. The van der Waals surface area contributed by atoms with Gasteiger partial charge < -0.3 is 9.47 Å². The summed E-state index contributed by atoms with van der Waals surface area (Å²) in [6.07, 6.45) is 2.67. The number of hydrogen-bond donors (Lipinski definition) is 1. The van der Waals surface area contributed by atoms with Gasteiger partial charge in [0, 0.05) is 18.7 Å². The first kappa shape index (κ1) is 22.8. The molecule has 1 aromatic heterocycles. The molecule has 2 aromatic carbocycles. The van der Waals surface area contributed by atoms with Crippen LogP contribution in [-0.4, -0.2) is 28.0 Å². The molecule has 1 N–H and O–H groups in total. The normalized spacial score (nSPS) is 10.9. The summed E-state index contributed by atoms with van der Waals surface area (Å²) in [4.78, 5) is 22.9. The van der Waals surface area contributed by atoms with Gasteiger partial charge in [0.1, 0.15) is 17.3 Å². The highest BCUT2D eigenvalue weighted by atomic mass is 35.5. The molecule has 3 aromatic rings. The van der Waals surface area contributed by atoms with Crippen LogP contribution in [0.15, 0.2) is 52.5 Å². The molecule has 0 bridgehead atoms. The van der Waals surface area contributed by atoms with Crippen molar-refractivity contribution < 1.29 is 14.4 Å². The van der Waals surface area contributed by atoms with Crippen LogP contribution in [-0.2, 0) is 13.7 Å². The fourth-order valence-electron chi connectivity index (χ4n) is 2.72. The number of nitro benzene ring substituents is 1. The molecule has 0 aliphatic heterocycles. The standard InChI is InChI=1S/C21H20ClN5O5/c1-13-4-6-14(7-5-13)12-32-20-17(27(29)30)8-15(9-18(20)31-3)10-23-25-16-11-24-26(2)21(28)19(16)22/h4-11,25H,12H2,1-3H3/b23-10-. The van der Waals surface area contributed by atoms with Gasteiger partial charge in [-0.15, -0.1) is 0 Å². The van der Waals surface area contributed by atoms with Crippen molar-refractivity contribution >= 4 is 29.2 Å². The van der Waals surface area contributed by atoms with E-state index >= 15 is 0 Å². The summed E-state index contributed by atoms with van der Waals surface area (Å²) in [5, 5.41) is 19.4. The summed E-state index contributed by atoms with van der Waals surface area (Å²) in [5.41, 5.74) is 4.38. The van der Waals surface area contributed by atoms with Gasteiger partial charge in [-0.25, -0.2) is 4.68 Å². The summed E-state index contributed by atoms with van der Waals surface area (Å²) in [5.74, 6) is 0.197. The number of hydrazone groups is 1. The predicted octanol–water partition coefficient (Wildman–Crippen LogP) is 3.68. The van der Waals surface area contributed by atoms with Crippen LogP contribution in [0.2, 0.25) is 5.02 Å². The molecule has 11 heteroatoms. The molecule has 1 heterocycles. The Morgan fingerprint density at radius 3 is 2.69 bits per heavy atom. The molecule has 0 saturated heterocycles. The number of benzene rings is 2. The molecule has 0 radical (unpaired) electrons. The molecule has 32 heavy (non-hydrogen) atoms. The van der Waals surface area contributed by atoms with Crippen LogP contribution >= 0.6 is 11.6 Å². The quantitative estimate of drug-likeness (QED) is 0.311. The van der Waals surface area contributed by atoms with E-state index in [0.29, 0.717) is 5.56 Å². The molecule has 0 amide bonds. The Balaban J connectivity index is 1.85. The van der Waals surface area contributed by atoms with Crippen LogP contribution in [0.3, 0.4) is 0 Å². The monoisotopic (exact) mass is 457 g/mol. The Bertz CT molecular complexity index is 1220. The topological polar surface area (TPSA) is 121 Å². The minimum atomic E-state index is -0.556. The van der Waals surface area contributed by atoms with Crippen molar-refractivity contribution in [2.24, 2.45) is 12.1 Å². The highest BCUT2D eigenvalue weighted by molar-refractivity contribution is 6.32. The summed E-state index contributed by atoms with van der Waals surface area (Å²) >= 11 is 5.97. The first-order chi connectivity index (χ1) is 15.3. The van der Waals surface area contributed by atoms with E-state index in [-0.39, 0.29) is 34.5 Å². The molecule has 0 atom stereocenters. The maximum atomic E-state index is 11.8. The van der Waals surface area contributed by atoms with E-state index in [1.54, 1.807) is 6.07 Å². The number of nitrogens with one attached hydrogen (secondary N) is 1. The predicted molar refractivity (Wildman–Crippen MR) is 121 cm³/mol. The second-order valence-corrected chi connectivity index (χ2v) is 7.15. The fraction of sp³-hybridized carbons (Fsp3) is 0.190. The molecular formula is C21H20ClN5O5. The number of rotatable bonds is 8. The Morgan fingerprint density at radius 1 is 1.31 bits per heavy atom. The number of aryl methyl sites for hydroxylation is 2. The van der Waals surface area contributed by atoms with E-state index in [2.05, 4.69) is 15.6 Å². The number of aromatic nitrogens is 2. The lowest BCUT2D eigenvalue weighted by molar-refractivity contribution is -0.386. The molecule has 0 saturated carbocycles. The van der Waals surface area contributed by atoms with Gasteiger partial charge in [0.15, 0.2) is 5.75 Å². The first-order valence-electron chi connectivity index (χ1n) is 9.35.